The van der Waals surface area contributed by atoms with Crippen LogP contribution < -0.4 is 11.5 Å². The first kappa shape index (κ1) is 13.2. The fourth-order valence-corrected chi connectivity index (χ4v) is 1.91. The predicted octanol–water partition coefficient (Wildman–Crippen LogP) is -0.861. The van der Waals surface area contributed by atoms with Crippen molar-refractivity contribution in [3.8, 4) is 0 Å². The minimum atomic E-state index is -0.347. The van der Waals surface area contributed by atoms with Crippen LogP contribution in [0.5, 0.6) is 0 Å². The molecule has 0 fully saturated rings. The topological polar surface area (TPSA) is 92.5 Å². The fourth-order valence-electron chi connectivity index (χ4n) is 0.892. The molecule has 0 heterocycles. The smallest absolute Gasteiger partial charge is 0.0642 e. The van der Waals surface area contributed by atoms with E-state index in [1.165, 1.54) is 11.8 Å². The summed E-state index contributed by atoms with van der Waals surface area (Å²) in [4.78, 5) is 0. The highest BCUT2D eigenvalue weighted by Gasteiger charge is 2.06. The summed E-state index contributed by atoms with van der Waals surface area (Å²) < 4.78 is 0. The Balaban J connectivity index is 3.23. The van der Waals surface area contributed by atoms with E-state index in [1.807, 2.05) is 0 Å². The zero-order chi connectivity index (χ0) is 10.1. The van der Waals surface area contributed by atoms with Crippen molar-refractivity contribution in [2.45, 2.75) is 25.0 Å². The summed E-state index contributed by atoms with van der Waals surface area (Å²) in [5.74, 6) is 1.28. The van der Waals surface area contributed by atoms with Gasteiger partial charge in [-0.25, -0.2) is 0 Å². The third-order valence-corrected chi connectivity index (χ3v) is 2.86. The molecule has 80 valence electrons. The van der Waals surface area contributed by atoms with Crippen LogP contribution in [0.3, 0.4) is 0 Å². The van der Waals surface area contributed by atoms with E-state index < -0.39 is 0 Å². The molecule has 0 aliphatic heterocycles. The molecule has 0 rings (SSSR count). The zero-order valence-electron chi connectivity index (χ0n) is 7.85. The normalized spacial score (nSPS) is 15.7. The predicted molar refractivity (Wildman–Crippen MR) is 56.7 cm³/mol. The van der Waals surface area contributed by atoms with E-state index in [0.717, 1.165) is 0 Å². The van der Waals surface area contributed by atoms with Gasteiger partial charge in [-0.05, 0) is 25.9 Å². The number of rotatable bonds is 8. The number of aliphatic hydroxyl groups excluding tert-OH is 2. The molecule has 0 aromatic heterocycles. The van der Waals surface area contributed by atoms with Gasteiger partial charge in [0.1, 0.15) is 0 Å². The first-order valence-electron chi connectivity index (χ1n) is 4.54. The van der Waals surface area contributed by atoms with Crippen LogP contribution in [0, 0.1) is 0 Å². The molecule has 0 aromatic carbocycles. The molecule has 2 unspecified atom stereocenters. The summed E-state index contributed by atoms with van der Waals surface area (Å²) in [6, 6.07) is 0. The summed E-state index contributed by atoms with van der Waals surface area (Å²) in [6.07, 6.45) is 0.556. The van der Waals surface area contributed by atoms with E-state index in [4.69, 9.17) is 11.5 Å². The first-order valence-corrected chi connectivity index (χ1v) is 5.70. The van der Waals surface area contributed by atoms with Gasteiger partial charge in [0.05, 0.1) is 12.2 Å². The van der Waals surface area contributed by atoms with E-state index in [-0.39, 0.29) is 12.2 Å². The Morgan fingerprint density at radius 3 is 1.62 bits per heavy atom. The van der Waals surface area contributed by atoms with Gasteiger partial charge in [0.2, 0.25) is 0 Å². The van der Waals surface area contributed by atoms with Crippen LogP contribution in [0.2, 0.25) is 0 Å². The van der Waals surface area contributed by atoms with Crippen LogP contribution >= 0.6 is 11.8 Å². The van der Waals surface area contributed by atoms with E-state index in [1.54, 1.807) is 0 Å². The Bertz CT molecular complexity index is 104. The Kier molecular flexibility index (Phi) is 8.90. The van der Waals surface area contributed by atoms with Crippen molar-refractivity contribution >= 4 is 11.8 Å². The molecule has 0 saturated heterocycles. The van der Waals surface area contributed by atoms with Crippen molar-refractivity contribution in [3.05, 3.63) is 0 Å². The van der Waals surface area contributed by atoms with Gasteiger partial charge in [-0.2, -0.15) is 11.8 Å². The van der Waals surface area contributed by atoms with E-state index >= 15 is 0 Å². The summed E-state index contributed by atoms with van der Waals surface area (Å²) in [5.41, 5.74) is 10.5. The second-order valence-corrected chi connectivity index (χ2v) is 4.07. The maximum absolute atomic E-state index is 9.28. The Hall–Kier alpha value is 0.190. The number of nitrogens with two attached hydrogens (primary N) is 2. The highest BCUT2D eigenvalue weighted by molar-refractivity contribution is 7.99. The Morgan fingerprint density at radius 2 is 1.31 bits per heavy atom. The molecule has 0 aromatic rings. The second-order valence-electron chi connectivity index (χ2n) is 3.00. The summed E-state index contributed by atoms with van der Waals surface area (Å²) >= 11 is 1.54. The zero-order valence-corrected chi connectivity index (χ0v) is 8.67. The van der Waals surface area contributed by atoms with Gasteiger partial charge in [-0.15, -0.1) is 0 Å². The van der Waals surface area contributed by atoms with Crippen molar-refractivity contribution in [2.24, 2.45) is 11.5 Å². The number of hydrogen-bond acceptors (Lipinski definition) is 5. The molecule has 2 atom stereocenters. The van der Waals surface area contributed by atoms with Crippen molar-refractivity contribution in [1.29, 1.82) is 0 Å². The lowest BCUT2D eigenvalue weighted by Crippen LogP contribution is -2.19. The fraction of sp³-hybridized carbons (Fsp3) is 1.00. The summed E-state index contributed by atoms with van der Waals surface area (Å²) in [6.45, 7) is 1.01. The molecular weight excluding hydrogens is 188 g/mol. The van der Waals surface area contributed by atoms with Crippen LogP contribution in [-0.4, -0.2) is 47.0 Å². The molecule has 5 heteroatoms. The standard InChI is InChI=1S/C8H20N2O2S/c9-3-1-7(11)5-13-6-8(12)2-4-10/h7-8,11-12H,1-6,9-10H2. The largest absolute Gasteiger partial charge is 0.392 e. The SMILES string of the molecule is NCCC(O)CSCC(O)CCN. The maximum Gasteiger partial charge on any atom is 0.0642 e. The molecular formula is C8H20N2O2S. The average Bonchev–Trinajstić information content (AvgIpc) is 2.05. The molecule has 13 heavy (non-hydrogen) atoms. The number of hydrogen-bond donors (Lipinski definition) is 4. The number of aliphatic hydroxyl groups is 2. The van der Waals surface area contributed by atoms with Gasteiger partial charge in [0.25, 0.3) is 0 Å². The molecule has 0 radical (unpaired) electrons. The van der Waals surface area contributed by atoms with Crippen LogP contribution in [0.15, 0.2) is 0 Å². The van der Waals surface area contributed by atoms with Crippen LogP contribution in [0.1, 0.15) is 12.8 Å². The van der Waals surface area contributed by atoms with Crippen LogP contribution in [-0.2, 0) is 0 Å². The summed E-state index contributed by atoms with van der Waals surface area (Å²) in [7, 11) is 0. The minimum absolute atomic E-state index is 0.347. The van der Waals surface area contributed by atoms with Gasteiger partial charge < -0.3 is 21.7 Å². The quantitative estimate of drug-likeness (QED) is 0.416. The van der Waals surface area contributed by atoms with Gasteiger partial charge in [-0.3, -0.25) is 0 Å². The van der Waals surface area contributed by atoms with Crippen LogP contribution in [0.4, 0.5) is 0 Å². The summed E-state index contributed by atoms with van der Waals surface area (Å²) in [5, 5.41) is 18.6. The lowest BCUT2D eigenvalue weighted by Gasteiger charge is -2.11. The van der Waals surface area contributed by atoms with Gasteiger partial charge in [0.15, 0.2) is 0 Å². The lowest BCUT2D eigenvalue weighted by molar-refractivity contribution is 0.187. The maximum atomic E-state index is 9.28. The van der Waals surface area contributed by atoms with Crippen molar-refractivity contribution in [2.75, 3.05) is 24.6 Å². The number of thioether (sulfide) groups is 1. The molecule has 4 nitrogen and oxygen atoms in total. The molecule has 0 aliphatic rings. The third kappa shape index (κ3) is 8.52. The molecule has 6 N–H and O–H groups in total. The van der Waals surface area contributed by atoms with Crippen molar-refractivity contribution in [1.82, 2.24) is 0 Å². The van der Waals surface area contributed by atoms with Gasteiger partial charge in [-0.1, -0.05) is 0 Å². The monoisotopic (exact) mass is 208 g/mol. The minimum Gasteiger partial charge on any atom is -0.392 e. The van der Waals surface area contributed by atoms with Gasteiger partial charge >= 0.3 is 0 Å². The van der Waals surface area contributed by atoms with Crippen LogP contribution in [0.25, 0.3) is 0 Å². The molecule has 0 bridgehead atoms. The van der Waals surface area contributed by atoms with Gasteiger partial charge in [0, 0.05) is 11.5 Å². The van der Waals surface area contributed by atoms with E-state index in [9.17, 15) is 10.2 Å². The first-order chi connectivity index (χ1) is 6.20. The molecule has 0 spiro atoms. The Labute approximate surface area is 83.7 Å². The highest BCUT2D eigenvalue weighted by Crippen LogP contribution is 2.08. The van der Waals surface area contributed by atoms with E-state index in [0.29, 0.717) is 37.4 Å². The lowest BCUT2D eigenvalue weighted by atomic mass is 10.3. The molecule has 0 aliphatic carbocycles. The average molecular weight is 208 g/mol. The molecule has 0 saturated carbocycles. The highest BCUT2D eigenvalue weighted by atomic mass is 32.2. The second kappa shape index (κ2) is 8.77. The van der Waals surface area contributed by atoms with Crippen molar-refractivity contribution < 1.29 is 10.2 Å². The third-order valence-electron chi connectivity index (χ3n) is 1.62. The van der Waals surface area contributed by atoms with E-state index in [2.05, 4.69) is 0 Å². The van der Waals surface area contributed by atoms with Crippen molar-refractivity contribution in [3.63, 3.8) is 0 Å². The molecule has 0 amide bonds. The Morgan fingerprint density at radius 1 is 0.923 bits per heavy atom.